The van der Waals surface area contributed by atoms with E-state index in [0.29, 0.717) is 0 Å². The Morgan fingerprint density at radius 1 is 0.442 bits per heavy atom. The third-order valence-corrected chi connectivity index (χ3v) is 11.4. The topological polar surface area (TPSA) is 30.7 Å². The molecule has 0 fully saturated rings. The second kappa shape index (κ2) is 10.7. The molecule has 244 valence electrons. The summed E-state index contributed by atoms with van der Waals surface area (Å²) in [6.07, 6.45) is 1.95. The smallest absolute Gasteiger partial charge is 0.0979 e. The molecule has 0 amide bonds. The molecule has 0 unspecified atom stereocenters. The number of rotatable bonds is 3. The van der Waals surface area contributed by atoms with Gasteiger partial charge in [0, 0.05) is 38.2 Å². The highest BCUT2D eigenvalue weighted by Gasteiger charge is 2.36. The van der Waals surface area contributed by atoms with Gasteiger partial charge in [0.2, 0.25) is 0 Å². The van der Waals surface area contributed by atoms with Gasteiger partial charge in [0.15, 0.2) is 0 Å². The zero-order valence-corrected chi connectivity index (χ0v) is 28.9. The summed E-state index contributed by atoms with van der Waals surface area (Å²) in [6, 6.07) is 57.3. The van der Waals surface area contributed by atoms with Gasteiger partial charge in [0.05, 0.1) is 34.0 Å². The van der Waals surface area contributed by atoms with E-state index in [-0.39, 0.29) is 5.41 Å². The number of hydrogen-bond acceptors (Lipinski definition) is 2. The minimum Gasteiger partial charge on any atom is -0.309 e. The first-order valence-corrected chi connectivity index (χ1v) is 18.0. The summed E-state index contributed by atoms with van der Waals surface area (Å²) in [6.45, 7) is 4.70. The van der Waals surface area contributed by atoms with Crippen LogP contribution in [0.2, 0.25) is 0 Å². The molecular formula is C49H33N3. The Morgan fingerprint density at radius 2 is 0.923 bits per heavy atom. The van der Waals surface area contributed by atoms with E-state index in [0.717, 1.165) is 33.1 Å². The van der Waals surface area contributed by atoms with Gasteiger partial charge in [-0.25, -0.2) is 4.98 Å². The van der Waals surface area contributed by atoms with Crippen LogP contribution in [-0.2, 0) is 5.41 Å². The predicted molar refractivity (Wildman–Crippen MR) is 217 cm³/mol. The van der Waals surface area contributed by atoms with E-state index in [2.05, 4.69) is 176 Å². The van der Waals surface area contributed by atoms with Crippen molar-refractivity contribution in [2.75, 3.05) is 0 Å². The summed E-state index contributed by atoms with van der Waals surface area (Å²) in [4.78, 5) is 10.3. The van der Waals surface area contributed by atoms with Gasteiger partial charge in [-0.2, -0.15) is 0 Å². The standard InChI is InChI=1S/C49H33N3/c1-49(2)42-27-31(30-19-23-33(24-20-30)52-45-17-9-7-13-38(45)39-14-8-10-18-46(39)52)21-25-36(42)37-26-22-32(28-43(37)49)44-29-50-47-40-15-5-3-11-34(40)35-12-4-6-16-41(35)48(47)51-44/h3-29H,1-2H3. The highest BCUT2D eigenvalue weighted by Crippen LogP contribution is 2.50. The van der Waals surface area contributed by atoms with E-state index in [1.807, 2.05) is 6.20 Å². The van der Waals surface area contributed by atoms with E-state index in [4.69, 9.17) is 9.97 Å². The van der Waals surface area contributed by atoms with Crippen LogP contribution >= 0.6 is 0 Å². The summed E-state index contributed by atoms with van der Waals surface area (Å²) >= 11 is 0. The first-order valence-electron chi connectivity index (χ1n) is 18.0. The van der Waals surface area contributed by atoms with E-state index in [1.165, 1.54) is 71.6 Å². The van der Waals surface area contributed by atoms with Crippen molar-refractivity contribution in [2.24, 2.45) is 0 Å². The lowest BCUT2D eigenvalue weighted by atomic mass is 9.81. The highest BCUT2D eigenvalue weighted by molar-refractivity contribution is 6.23. The average Bonchev–Trinajstić information content (AvgIpc) is 3.66. The van der Waals surface area contributed by atoms with Crippen LogP contribution in [0.15, 0.2) is 164 Å². The fraction of sp³-hybridized carbons (Fsp3) is 0.0612. The lowest BCUT2D eigenvalue weighted by molar-refractivity contribution is 0.661. The number of hydrogen-bond donors (Lipinski definition) is 0. The Kier molecular flexibility index (Phi) is 6.01. The average molecular weight is 664 g/mol. The molecule has 0 aliphatic heterocycles. The first kappa shape index (κ1) is 29.2. The fourth-order valence-electron chi connectivity index (χ4n) is 8.84. The first-order chi connectivity index (χ1) is 25.5. The summed E-state index contributed by atoms with van der Waals surface area (Å²) in [5.41, 5.74) is 15.0. The van der Waals surface area contributed by atoms with Gasteiger partial charge < -0.3 is 4.57 Å². The van der Waals surface area contributed by atoms with Gasteiger partial charge in [-0.05, 0) is 80.6 Å². The van der Waals surface area contributed by atoms with Crippen LogP contribution in [0.5, 0.6) is 0 Å². The van der Waals surface area contributed by atoms with Crippen LogP contribution in [-0.4, -0.2) is 14.5 Å². The van der Waals surface area contributed by atoms with Crippen molar-refractivity contribution in [1.82, 2.24) is 14.5 Å². The van der Waals surface area contributed by atoms with Gasteiger partial charge in [0.1, 0.15) is 0 Å². The molecule has 8 aromatic carbocycles. The van der Waals surface area contributed by atoms with Gasteiger partial charge in [-0.3, -0.25) is 4.98 Å². The van der Waals surface area contributed by atoms with Crippen molar-refractivity contribution in [1.29, 1.82) is 0 Å². The quantitative estimate of drug-likeness (QED) is 0.176. The van der Waals surface area contributed by atoms with Crippen molar-refractivity contribution >= 4 is 54.4 Å². The number of nitrogens with zero attached hydrogens (tertiary/aromatic N) is 3. The van der Waals surface area contributed by atoms with Crippen molar-refractivity contribution < 1.29 is 0 Å². The second-order valence-corrected chi connectivity index (χ2v) is 14.6. The molecule has 1 aliphatic carbocycles. The number of aromatic nitrogens is 3. The van der Waals surface area contributed by atoms with Crippen molar-refractivity contribution in [3.63, 3.8) is 0 Å². The van der Waals surface area contributed by atoms with Crippen molar-refractivity contribution in [3.8, 4) is 39.2 Å². The molecule has 0 saturated carbocycles. The molecule has 0 saturated heterocycles. The molecule has 1 aliphatic rings. The molecule has 0 spiro atoms. The monoisotopic (exact) mass is 663 g/mol. The van der Waals surface area contributed by atoms with Gasteiger partial charge in [-0.1, -0.05) is 135 Å². The van der Waals surface area contributed by atoms with E-state index in [1.54, 1.807) is 0 Å². The molecular weight excluding hydrogens is 631 g/mol. The number of benzene rings is 8. The van der Waals surface area contributed by atoms with Crippen LogP contribution in [0.4, 0.5) is 0 Å². The van der Waals surface area contributed by atoms with Gasteiger partial charge in [0.25, 0.3) is 0 Å². The summed E-state index contributed by atoms with van der Waals surface area (Å²) in [7, 11) is 0. The van der Waals surface area contributed by atoms with Crippen molar-refractivity contribution in [2.45, 2.75) is 19.3 Å². The van der Waals surface area contributed by atoms with Crippen molar-refractivity contribution in [3.05, 3.63) is 175 Å². The second-order valence-electron chi connectivity index (χ2n) is 14.6. The Morgan fingerprint density at radius 3 is 1.54 bits per heavy atom. The summed E-state index contributed by atoms with van der Waals surface area (Å²) in [5.74, 6) is 0. The SMILES string of the molecule is CC1(C)c2cc(-c3ccc(-n4c5ccccc5c5ccccc54)cc3)ccc2-c2ccc(-c3cnc4c5ccccc5c5ccccc5c4n3)cc21. The third kappa shape index (κ3) is 4.08. The van der Waals surface area contributed by atoms with Crippen LogP contribution in [0.25, 0.3) is 93.6 Å². The Balaban J connectivity index is 0.970. The van der Waals surface area contributed by atoms with Crippen LogP contribution in [0, 0.1) is 0 Å². The zero-order chi connectivity index (χ0) is 34.6. The molecule has 52 heavy (non-hydrogen) atoms. The summed E-state index contributed by atoms with van der Waals surface area (Å²) < 4.78 is 2.37. The number of fused-ring (bicyclic) bond motifs is 12. The minimum atomic E-state index is -0.174. The van der Waals surface area contributed by atoms with Gasteiger partial charge in [-0.15, -0.1) is 0 Å². The highest BCUT2D eigenvalue weighted by atomic mass is 15.0. The summed E-state index contributed by atoms with van der Waals surface area (Å²) in [5, 5.41) is 7.25. The molecule has 10 aromatic rings. The predicted octanol–water partition coefficient (Wildman–Crippen LogP) is 12.7. The largest absolute Gasteiger partial charge is 0.309 e. The Labute approximate surface area is 301 Å². The maximum atomic E-state index is 5.29. The molecule has 0 radical (unpaired) electrons. The molecule has 0 atom stereocenters. The molecule has 3 heteroatoms. The Hall–Kier alpha value is -6.58. The third-order valence-electron chi connectivity index (χ3n) is 11.4. The van der Waals surface area contributed by atoms with Crippen LogP contribution < -0.4 is 0 Å². The normalized spacial score (nSPS) is 13.3. The molecule has 0 N–H and O–H groups in total. The molecule has 2 aromatic heterocycles. The fourth-order valence-corrected chi connectivity index (χ4v) is 8.84. The lowest BCUT2D eigenvalue weighted by Crippen LogP contribution is -2.15. The lowest BCUT2D eigenvalue weighted by Gasteiger charge is -2.22. The van der Waals surface area contributed by atoms with Crippen LogP contribution in [0.1, 0.15) is 25.0 Å². The van der Waals surface area contributed by atoms with Gasteiger partial charge >= 0.3 is 0 Å². The maximum Gasteiger partial charge on any atom is 0.0979 e. The minimum absolute atomic E-state index is 0.174. The molecule has 11 rings (SSSR count). The molecule has 0 bridgehead atoms. The molecule has 3 nitrogen and oxygen atoms in total. The number of para-hydroxylation sites is 2. The molecule has 2 heterocycles. The van der Waals surface area contributed by atoms with E-state index >= 15 is 0 Å². The zero-order valence-electron chi connectivity index (χ0n) is 28.9. The maximum absolute atomic E-state index is 5.29. The Bertz CT molecular complexity index is 3000. The van der Waals surface area contributed by atoms with E-state index < -0.39 is 0 Å². The van der Waals surface area contributed by atoms with Crippen LogP contribution in [0.3, 0.4) is 0 Å². The van der Waals surface area contributed by atoms with E-state index in [9.17, 15) is 0 Å².